The molecule has 140 valence electrons. The van der Waals surface area contributed by atoms with Crippen molar-refractivity contribution in [2.45, 2.75) is 12.6 Å². The summed E-state index contributed by atoms with van der Waals surface area (Å²) in [4.78, 5) is 8.96. The molecule has 6 heteroatoms. The van der Waals surface area contributed by atoms with Crippen molar-refractivity contribution in [2.24, 2.45) is 0 Å². The standard InChI is InChI=1S/C21H22FN3OS/c22-17-7-5-16(6-8-17)15-24-10-12-25(13-11-24)19-4-2-1-3-18(19)20(26)21-23-9-14-27-21/h1-9,14,20,26H,10-13,15H2/t20-/m1/s1. The van der Waals surface area contributed by atoms with E-state index in [0.717, 1.165) is 54.5 Å². The summed E-state index contributed by atoms with van der Waals surface area (Å²) in [6.45, 7) is 4.47. The van der Waals surface area contributed by atoms with Crippen LogP contribution in [0.15, 0.2) is 60.1 Å². The molecular formula is C21H22FN3OS. The van der Waals surface area contributed by atoms with E-state index < -0.39 is 6.10 Å². The highest BCUT2D eigenvalue weighted by Crippen LogP contribution is 2.32. The molecule has 27 heavy (non-hydrogen) atoms. The number of halogens is 1. The predicted octanol–water partition coefficient (Wildman–Crippen LogP) is 3.69. The van der Waals surface area contributed by atoms with Gasteiger partial charge in [0, 0.05) is 55.6 Å². The van der Waals surface area contributed by atoms with Crippen molar-refractivity contribution >= 4 is 17.0 Å². The average molecular weight is 383 g/mol. The lowest BCUT2D eigenvalue weighted by Crippen LogP contribution is -2.46. The number of benzene rings is 2. The summed E-state index contributed by atoms with van der Waals surface area (Å²) in [6, 6.07) is 14.7. The number of piperazine rings is 1. The molecule has 1 saturated heterocycles. The lowest BCUT2D eigenvalue weighted by molar-refractivity contribution is 0.218. The van der Waals surface area contributed by atoms with Crippen molar-refractivity contribution in [3.8, 4) is 0 Å². The first-order valence-electron chi connectivity index (χ1n) is 9.09. The number of para-hydroxylation sites is 1. The number of anilines is 1. The highest BCUT2D eigenvalue weighted by atomic mass is 32.1. The molecule has 1 aromatic heterocycles. The zero-order chi connectivity index (χ0) is 18.6. The number of hydrogen-bond acceptors (Lipinski definition) is 5. The molecule has 0 unspecified atom stereocenters. The molecule has 0 amide bonds. The van der Waals surface area contributed by atoms with Gasteiger partial charge in [0.05, 0.1) is 0 Å². The van der Waals surface area contributed by atoms with E-state index in [-0.39, 0.29) is 5.82 Å². The maximum atomic E-state index is 13.1. The Balaban J connectivity index is 1.43. The first kappa shape index (κ1) is 18.1. The third-order valence-corrected chi connectivity index (χ3v) is 5.78. The van der Waals surface area contributed by atoms with E-state index in [9.17, 15) is 9.50 Å². The largest absolute Gasteiger partial charge is 0.381 e. The number of aromatic nitrogens is 1. The van der Waals surface area contributed by atoms with E-state index in [4.69, 9.17) is 0 Å². The van der Waals surface area contributed by atoms with Gasteiger partial charge in [0.15, 0.2) is 0 Å². The number of hydrogen-bond donors (Lipinski definition) is 1. The third-order valence-electron chi connectivity index (χ3n) is 4.95. The Bertz CT molecular complexity index is 861. The molecule has 1 atom stereocenters. The summed E-state index contributed by atoms with van der Waals surface area (Å²) in [7, 11) is 0. The molecule has 1 aliphatic heterocycles. The minimum Gasteiger partial charge on any atom is -0.381 e. The van der Waals surface area contributed by atoms with E-state index in [1.54, 1.807) is 6.20 Å². The van der Waals surface area contributed by atoms with Gasteiger partial charge in [-0.25, -0.2) is 9.37 Å². The zero-order valence-corrected chi connectivity index (χ0v) is 15.8. The second-order valence-electron chi connectivity index (χ2n) is 6.72. The molecule has 4 rings (SSSR count). The number of aliphatic hydroxyl groups is 1. The van der Waals surface area contributed by atoms with Gasteiger partial charge in [-0.2, -0.15) is 0 Å². The lowest BCUT2D eigenvalue weighted by Gasteiger charge is -2.37. The van der Waals surface area contributed by atoms with Crippen LogP contribution in [-0.4, -0.2) is 41.2 Å². The van der Waals surface area contributed by atoms with Crippen molar-refractivity contribution in [1.29, 1.82) is 0 Å². The highest BCUT2D eigenvalue weighted by molar-refractivity contribution is 7.09. The van der Waals surface area contributed by atoms with Crippen molar-refractivity contribution in [1.82, 2.24) is 9.88 Å². The monoisotopic (exact) mass is 383 g/mol. The molecule has 0 aliphatic carbocycles. The van der Waals surface area contributed by atoms with Gasteiger partial charge in [-0.3, -0.25) is 4.90 Å². The van der Waals surface area contributed by atoms with Gasteiger partial charge in [0.2, 0.25) is 0 Å². The molecule has 1 aliphatic rings. The molecule has 2 heterocycles. The summed E-state index contributed by atoms with van der Waals surface area (Å²) < 4.78 is 13.1. The van der Waals surface area contributed by atoms with Gasteiger partial charge < -0.3 is 10.0 Å². The van der Waals surface area contributed by atoms with Crippen LogP contribution in [0.4, 0.5) is 10.1 Å². The van der Waals surface area contributed by atoms with Crippen molar-refractivity contribution in [3.63, 3.8) is 0 Å². The van der Waals surface area contributed by atoms with Gasteiger partial charge in [0.25, 0.3) is 0 Å². The number of aliphatic hydroxyl groups excluding tert-OH is 1. The predicted molar refractivity (Wildman–Crippen MR) is 107 cm³/mol. The molecule has 4 nitrogen and oxygen atoms in total. The van der Waals surface area contributed by atoms with Crippen LogP contribution in [-0.2, 0) is 6.54 Å². The Hall–Kier alpha value is -2.28. The van der Waals surface area contributed by atoms with Crippen LogP contribution in [0.25, 0.3) is 0 Å². The summed E-state index contributed by atoms with van der Waals surface area (Å²) in [6.07, 6.45) is 1.03. The first-order chi connectivity index (χ1) is 13.2. The molecule has 1 fully saturated rings. The smallest absolute Gasteiger partial charge is 0.132 e. The van der Waals surface area contributed by atoms with Crippen LogP contribution >= 0.6 is 11.3 Å². The Morgan fingerprint density at radius 2 is 1.78 bits per heavy atom. The molecule has 3 aromatic rings. The molecule has 0 spiro atoms. The van der Waals surface area contributed by atoms with Crippen LogP contribution in [0, 0.1) is 5.82 Å². The van der Waals surface area contributed by atoms with E-state index >= 15 is 0 Å². The first-order valence-corrected chi connectivity index (χ1v) is 9.97. The lowest BCUT2D eigenvalue weighted by atomic mass is 10.1. The number of rotatable bonds is 5. The second kappa shape index (κ2) is 8.17. The second-order valence-corrected chi connectivity index (χ2v) is 7.65. The molecule has 0 saturated carbocycles. The van der Waals surface area contributed by atoms with Crippen molar-refractivity contribution in [3.05, 3.63) is 82.1 Å². The minimum atomic E-state index is -0.696. The van der Waals surface area contributed by atoms with Gasteiger partial charge in [0.1, 0.15) is 16.9 Å². The van der Waals surface area contributed by atoms with Crippen molar-refractivity contribution in [2.75, 3.05) is 31.1 Å². The quantitative estimate of drug-likeness (QED) is 0.730. The third kappa shape index (κ3) is 4.18. The van der Waals surface area contributed by atoms with Crippen LogP contribution in [0.1, 0.15) is 22.2 Å². The fourth-order valence-electron chi connectivity index (χ4n) is 3.50. The average Bonchev–Trinajstić information content (AvgIpc) is 3.25. The highest BCUT2D eigenvalue weighted by Gasteiger charge is 2.23. The Labute approximate surface area is 162 Å². The van der Waals surface area contributed by atoms with Gasteiger partial charge in [-0.05, 0) is 23.8 Å². The fourth-order valence-corrected chi connectivity index (χ4v) is 4.14. The maximum Gasteiger partial charge on any atom is 0.132 e. The van der Waals surface area contributed by atoms with E-state index in [2.05, 4.69) is 20.9 Å². The van der Waals surface area contributed by atoms with Crippen LogP contribution in [0.3, 0.4) is 0 Å². The molecule has 2 aromatic carbocycles. The van der Waals surface area contributed by atoms with Crippen molar-refractivity contribution < 1.29 is 9.50 Å². The van der Waals surface area contributed by atoms with E-state index in [1.807, 2.05) is 35.7 Å². The molecule has 1 N–H and O–H groups in total. The van der Waals surface area contributed by atoms with Crippen LogP contribution in [0.2, 0.25) is 0 Å². The van der Waals surface area contributed by atoms with Gasteiger partial charge in [-0.1, -0.05) is 30.3 Å². The fraction of sp³-hybridized carbons (Fsp3) is 0.286. The molecular weight excluding hydrogens is 361 g/mol. The molecule has 0 radical (unpaired) electrons. The Morgan fingerprint density at radius 3 is 2.48 bits per heavy atom. The SMILES string of the molecule is O[C@@H](c1nccs1)c1ccccc1N1CCN(Cc2ccc(F)cc2)CC1. The van der Waals surface area contributed by atoms with Gasteiger partial charge >= 0.3 is 0 Å². The zero-order valence-electron chi connectivity index (χ0n) is 15.0. The minimum absolute atomic E-state index is 0.195. The normalized spacial score (nSPS) is 16.4. The topological polar surface area (TPSA) is 39.6 Å². The summed E-state index contributed by atoms with van der Waals surface area (Å²) in [5.41, 5.74) is 3.10. The Kier molecular flexibility index (Phi) is 5.48. The van der Waals surface area contributed by atoms with E-state index in [1.165, 1.54) is 23.5 Å². The number of nitrogens with zero attached hydrogens (tertiary/aromatic N) is 3. The molecule has 0 bridgehead atoms. The van der Waals surface area contributed by atoms with E-state index in [0.29, 0.717) is 0 Å². The van der Waals surface area contributed by atoms with Crippen LogP contribution < -0.4 is 4.90 Å². The van der Waals surface area contributed by atoms with Crippen LogP contribution in [0.5, 0.6) is 0 Å². The summed E-state index contributed by atoms with van der Waals surface area (Å²) in [5, 5.41) is 13.3. The number of thiazole rings is 1. The Morgan fingerprint density at radius 1 is 1.04 bits per heavy atom. The summed E-state index contributed by atoms with van der Waals surface area (Å²) >= 11 is 1.47. The maximum absolute atomic E-state index is 13.1. The summed E-state index contributed by atoms with van der Waals surface area (Å²) in [5.74, 6) is -0.195. The van der Waals surface area contributed by atoms with Gasteiger partial charge in [-0.15, -0.1) is 11.3 Å².